The van der Waals surface area contributed by atoms with Crippen molar-refractivity contribution in [3.8, 4) is 0 Å². The Labute approximate surface area is 89.3 Å². The van der Waals surface area contributed by atoms with E-state index in [-0.39, 0.29) is 0 Å². The fraction of sp³-hybridized carbons (Fsp3) is 0. The van der Waals surface area contributed by atoms with Crippen molar-refractivity contribution < 1.29 is 4.57 Å². The number of hydrogen-bond acceptors (Lipinski definition) is 1. The van der Waals surface area contributed by atoms with Gasteiger partial charge in [-0.25, -0.2) is 4.57 Å². The van der Waals surface area contributed by atoms with Crippen LogP contribution in [0.2, 0.25) is 0 Å². The van der Waals surface area contributed by atoms with E-state index in [4.69, 9.17) is 5.73 Å². The molecule has 0 fully saturated rings. The minimum absolute atomic E-state index is 0.710. The van der Waals surface area contributed by atoms with Gasteiger partial charge in [0, 0.05) is 6.08 Å². The molecule has 0 bridgehead atoms. The van der Waals surface area contributed by atoms with E-state index in [1.807, 2.05) is 71.6 Å². The van der Waals surface area contributed by atoms with E-state index in [2.05, 4.69) is 0 Å². The summed E-state index contributed by atoms with van der Waals surface area (Å²) in [4.78, 5) is 0. The molecule has 1 aromatic carbocycles. The second-order valence-electron chi connectivity index (χ2n) is 3.26. The van der Waals surface area contributed by atoms with Crippen molar-refractivity contribution in [1.82, 2.24) is 0 Å². The summed E-state index contributed by atoms with van der Waals surface area (Å²) in [6.07, 6.45) is 5.80. The zero-order valence-corrected chi connectivity index (χ0v) is 8.38. The standard InChI is InChI=1S/C13H13N2/c14-13(15-9-5-2-6-10-15)11-12-7-3-1-4-8-12/h1-11H,14H2/q+1. The number of nitrogens with zero attached hydrogens (tertiary/aromatic N) is 1. The molecule has 2 N–H and O–H groups in total. The van der Waals surface area contributed by atoms with Crippen LogP contribution in [0.5, 0.6) is 0 Å². The average molecular weight is 197 g/mol. The lowest BCUT2D eigenvalue weighted by Crippen LogP contribution is -2.35. The van der Waals surface area contributed by atoms with Crippen molar-refractivity contribution in [3.05, 3.63) is 66.5 Å². The summed E-state index contributed by atoms with van der Waals surface area (Å²) in [6.45, 7) is 0. The topological polar surface area (TPSA) is 29.9 Å². The molecule has 1 heterocycles. The van der Waals surface area contributed by atoms with Crippen molar-refractivity contribution in [3.63, 3.8) is 0 Å². The van der Waals surface area contributed by atoms with Crippen LogP contribution in [0.4, 0.5) is 0 Å². The van der Waals surface area contributed by atoms with E-state index in [1.54, 1.807) is 0 Å². The molecular formula is C13H13N2+. The molecule has 0 aliphatic heterocycles. The Morgan fingerprint density at radius 2 is 1.53 bits per heavy atom. The molecule has 0 amide bonds. The van der Waals surface area contributed by atoms with Crippen molar-refractivity contribution in [2.45, 2.75) is 0 Å². The summed E-state index contributed by atoms with van der Waals surface area (Å²) in [6, 6.07) is 15.9. The van der Waals surface area contributed by atoms with Gasteiger partial charge in [0.25, 0.3) is 5.82 Å². The fourth-order valence-electron chi connectivity index (χ4n) is 1.37. The first-order valence-electron chi connectivity index (χ1n) is 4.85. The quantitative estimate of drug-likeness (QED) is 0.732. The smallest absolute Gasteiger partial charge is 0.277 e. The van der Waals surface area contributed by atoms with Gasteiger partial charge in [-0.1, -0.05) is 36.4 Å². The molecule has 2 nitrogen and oxygen atoms in total. The summed E-state index contributed by atoms with van der Waals surface area (Å²) >= 11 is 0. The van der Waals surface area contributed by atoms with Gasteiger partial charge < -0.3 is 0 Å². The van der Waals surface area contributed by atoms with Crippen molar-refractivity contribution in [2.75, 3.05) is 0 Å². The van der Waals surface area contributed by atoms with Crippen LogP contribution in [0.1, 0.15) is 5.56 Å². The molecule has 0 saturated carbocycles. The number of aromatic nitrogens is 1. The molecule has 0 atom stereocenters. The Morgan fingerprint density at radius 1 is 0.933 bits per heavy atom. The molecule has 0 aliphatic carbocycles. The molecule has 0 unspecified atom stereocenters. The van der Waals surface area contributed by atoms with E-state index in [1.165, 1.54) is 0 Å². The summed E-state index contributed by atoms with van der Waals surface area (Å²) in [5.74, 6) is 0.710. The maximum atomic E-state index is 5.95. The van der Waals surface area contributed by atoms with Crippen LogP contribution in [0.15, 0.2) is 60.9 Å². The zero-order chi connectivity index (χ0) is 10.5. The fourth-order valence-corrected chi connectivity index (χ4v) is 1.37. The molecule has 74 valence electrons. The lowest BCUT2D eigenvalue weighted by molar-refractivity contribution is -0.581. The van der Waals surface area contributed by atoms with E-state index in [0.717, 1.165) is 5.56 Å². The lowest BCUT2D eigenvalue weighted by atomic mass is 10.2. The van der Waals surface area contributed by atoms with Gasteiger partial charge >= 0.3 is 0 Å². The third kappa shape index (κ3) is 2.44. The van der Waals surface area contributed by atoms with Gasteiger partial charge in [0.15, 0.2) is 0 Å². The number of hydrogen-bond donors (Lipinski definition) is 1. The van der Waals surface area contributed by atoms with Crippen molar-refractivity contribution in [2.24, 2.45) is 5.73 Å². The summed E-state index contributed by atoms with van der Waals surface area (Å²) in [5.41, 5.74) is 7.05. The molecule has 0 aliphatic rings. The molecule has 1 aromatic heterocycles. The molecule has 0 saturated heterocycles. The number of benzene rings is 1. The highest BCUT2D eigenvalue weighted by Crippen LogP contribution is 2.02. The highest BCUT2D eigenvalue weighted by molar-refractivity contribution is 5.63. The van der Waals surface area contributed by atoms with E-state index in [0.29, 0.717) is 5.82 Å². The Bertz CT molecular complexity index is 446. The zero-order valence-electron chi connectivity index (χ0n) is 8.38. The maximum absolute atomic E-state index is 5.95. The summed E-state index contributed by atoms with van der Waals surface area (Å²) in [7, 11) is 0. The van der Waals surface area contributed by atoms with Gasteiger partial charge in [-0.2, -0.15) is 0 Å². The van der Waals surface area contributed by atoms with Gasteiger partial charge in [-0.15, -0.1) is 0 Å². The molecular weight excluding hydrogens is 184 g/mol. The third-order valence-electron chi connectivity index (χ3n) is 2.13. The SMILES string of the molecule is NC(=Cc1ccccc1)[n+]1ccccc1. The van der Waals surface area contributed by atoms with Gasteiger partial charge in [0.1, 0.15) is 0 Å². The predicted molar refractivity (Wildman–Crippen MR) is 61.4 cm³/mol. The minimum atomic E-state index is 0.710. The summed E-state index contributed by atoms with van der Waals surface area (Å²) < 4.78 is 1.88. The van der Waals surface area contributed by atoms with Gasteiger partial charge in [0.05, 0.1) is 12.4 Å². The highest BCUT2D eigenvalue weighted by Gasteiger charge is 1.99. The first-order chi connectivity index (χ1) is 7.36. The molecule has 0 radical (unpaired) electrons. The van der Waals surface area contributed by atoms with E-state index >= 15 is 0 Å². The van der Waals surface area contributed by atoms with Gasteiger partial charge in [-0.05, 0) is 17.7 Å². The first-order valence-corrected chi connectivity index (χ1v) is 4.85. The molecule has 2 heteroatoms. The first kappa shape index (κ1) is 9.46. The van der Waals surface area contributed by atoms with Crippen LogP contribution in [0.25, 0.3) is 11.9 Å². The number of pyridine rings is 1. The lowest BCUT2D eigenvalue weighted by Gasteiger charge is -1.96. The second-order valence-corrected chi connectivity index (χ2v) is 3.26. The van der Waals surface area contributed by atoms with Crippen molar-refractivity contribution >= 4 is 11.9 Å². The van der Waals surface area contributed by atoms with Crippen LogP contribution < -0.4 is 10.3 Å². The van der Waals surface area contributed by atoms with Crippen LogP contribution in [0, 0.1) is 0 Å². The van der Waals surface area contributed by atoms with Crippen LogP contribution in [0.3, 0.4) is 0 Å². The predicted octanol–water partition coefficient (Wildman–Crippen LogP) is 1.89. The highest BCUT2D eigenvalue weighted by atomic mass is 15.0. The molecule has 2 rings (SSSR count). The molecule has 0 spiro atoms. The monoisotopic (exact) mass is 197 g/mol. The molecule has 2 aromatic rings. The third-order valence-corrected chi connectivity index (χ3v) is 2.13. The van der Waals surface area contributed by atoms with E-state index in [9.17, 15) is 0 Å². The average Bonchev–Trinajstić information content (AvgIpc) is 2.31. The second kappa shape index (κ2) is 4.42. The minimum Gasteiger partial charge on any atom is -0.287 e. The summed E-state index contributed by atoms with van der Waals surface area (Å²) in [5, 5.41) is 0. The van der Waals surface area contributed by atoms with Gasteiger partial charge in [0.2, 0.25) is 0 Å². The maximum Gasteiger partial charge on any atom is 0.277 e. The largest absolute Gasteiger partial charge is 0.287 e. The van der Waals surface area contributed by atoms with Crippen molar-refractivity contribution in [1.29, 1.82) is 0 Å². The van der Waals surface area contributed by atoms with Gasteiger partial charge in [-0.3, -0.25) is 5.73 Å². The molecule has 15 heavy (non-hydrogen) atoms. The van der Waals surface area contributed by atoms with E-state index < -0.39 is 0 Å². The van der Waals surface area contributed by atoms with Crippen LogP contribution in [-0.4, -0.2) is 0 Å². The van der Waals surface area contributed by atoms with Crippen LogP contribution in [-0.2, 0) is 0 Å². The normalized spacial score (nSPS) is 11.3. The Kier molecular flexibility index (Phi) is 2.79. The Morgan fingerprint density at radius 3 is 2.20 bits per heavy atom. The number of rotatable bonds is 2. The Hall–Kier alpha value is -2.09. The number of nitrogens with two attached hydrogens (primary N) is 1. The van der Waals surface area contributed by atoms with Crippen LogP contribution >= 0.6 is 0 Å². The Balaban J connectivity index is 2.29.